The van der Waals surface area contributed by atoms with Gasteiger partial charge in [-0.3, -0.25) is 9.59 Å². The summed E-state index contributed by atoms with van der Waals surface area (Å²) in [5.74, 6) is -0.781. The number of carbonyl (C=O) groups excluding carboxylic acids is 2. The van der Waals surface area contributed by atoms with E-state index < -0.39 is 29.4 Å². The van der Waals surface area contributed by atoms with Gasteiger partial charge in [-0.1, -0.05) is 12.1 Å². The second-order valence-corrected chi connectivity index (χ2v) is 8.35. The van der Waals surface area contributed by atoms with Crippen molar-refractivity contribution in [3.05, 3.63) is 75.8 Å². The highest BCUT2D eigenvalue weighted by atomic mass is 32.1. The first kappa shape index (κ1) is 22.5. The lowest BCUT2D eigenvalue weighted by molar-refractivity contribution is -0.125. The molecular formula is C24H18FN3O6S. The van der Waals surface area contributed by atoms with Crippen LogP contribution in [0.25, 0.3) is 16.5 Å². The number of benzene rings is 2. The van der Waals surface area contributed by atoms with Crippen molar-refractivity contribution in [1.29, 1.82) is 0 Å². The molecule has 9 nitrogen and oxygen atoms in total. The third-order valence-corrected chi connectivity index (χ3v) is 6.13. The van der Waals surface area contributed by atoms with Crippen molar-refractivity contribution in [1.82, 2.24) is 9.78 Å². The first-order chi connectivity index (χ1) is 17.0. The molecular weight excluding hydrogens is 477 g/mol. The van der Waals surface area contributed by atoms with Gasteiger partial charge in [0.1, 0.15) is 17.4 Å². The third kappa shape index (κ3) is 4.21. The average molecular weight is 495 g/mol. The van der Waals surface area contributed by atoms with Crippen molar-refractivity contribution in [2.75, 3.05) is 18.5 Å². The van der Waals surface area contributed by atoms with Crippen LogP contribution in [-0.2, 0) is 9.53 Å². The molecule has 0 radical (unpaired) electrons. The Morgan fingerprint density at radius 1 is 1.20 bits per heavy atom. The summed E-state index contributed by atoms with van der Waals surface area (Å²) >= 11 is 1.06. The summed E-state index contributed by atoms with van der Waals surface area (Å²) in [6, 6.07) is 12.0. The molecule has 2 aromatic heterocycles. The molecule has 0 saturated carbocycles. The Morgan fingerprint density at radius 2 is 1.94 bits per heavy atom. The molecule has 35 heavy (non-hydrogen) atoms. The molecule has 0 aliphatic carbocycles. The lowest BCUT2D eigenvalue weighted by atomic mass is 10.2. The van der Waals surface area contributed by atoms with E-state index in [1.165, 1.54) is 24.3 Å². The molecule has 2 aromatic carbocycles. The van der Waals surface area contributed by atoms with E-state index in [9.17, 15) is 18.8 Å². The molecule has 178 valence electrons. The molecule has 1 atom stereocenters. The highest BCUT2D eigenvalue weighted by Crippen LogP contribution is 2.33. The Balaban J connectivity index is 1.55. The van der Waals surface area contributed by atoms with Crippen molar-refractivity contribution in [2.24, 2.45) is 0 Å². The Bertz CT molecular complexity index is 1500. The van der Waals surface area contributed by atoms with E-state index in [0.29, 0.717) is 11.5 Å². The van der Waals surface area contributed by atoms with Gasteiger partial charge in [0, 0.05) is 10.8 Å². The van der Waals surface area contributed by atoms with Crippen molar-refractivity contribution < 1.29 is 28.2 Å². The van der Waals surface area contributed by atoms with E-state index in [1.54, 1.807) is 36.6 Å². The molecule has 4 aromatic rings. The number of amides is 1. The zero-order valence-corrected chi connectivity index (χ0v) is 19.1. The van der Waals surface area contributed by atoms with Gasteiger partial charge in [0.15, 0.2) is 17.2 Å². The fourth-order valence-corrected chi connectivity index (χ4v) is 4.53. The number of nitrogens with zero attached hydrogens (tertiary/aromatic N) is 2. The van der Waals surface area contributed by atoms with Crippen LogP contribution in [0.4, 0.5) is 9.39 Å². The number of rotatable bonds is 5. The molecule has 0 spiro atoms. The van der Waals surface area contributed by atoms with Gasteiger partial charge in [-0.25, -0.2) is 9.18 Å². The number of fused-ring (bicyclic) bond motifs is 2. The van der Waals surface area contributed by atoms with Gasteiger partial charge in [0.05, 0.1) is 17.7 Å². The van der Waals surface area contributed by atoms with Crippen molar-refractivity contribution in [3.8, 4) is 17.2 Å². The summed E-state index contributed by atoms with van der Waals surface area (Å²) in [5, 5.41) is 8.96. The molecule has 3 heterocycles. The molecule has 1 unspecified atom stereocenters. The molecule has 0 saturated heterocycles. The van der Waals surface area contributed by atoms with Crippen LogP contribution in [0.3, 0.4) is 0 Å². The minimum absolute atomic E-state index is 0.0123. The van der Waals surface area contributed by atoms with E-state index in [2.05, 4.69) is 10.4 Å². The van der Waals surface area contributed by atoms with Gasteiger partial charge in [-0.15, -0.1) is 11.3 Å². The van der Waals surface area contributed by atoms with Crippen molar-refractivity contribution in [2.45, 2.75) is 13.0 Å². The largest absolute Gasteiger partial charge is 0.485 e. The summed E-state index contributed by atoms with van der Waals surface area (Å²) < 4.78 is 30.9. The summed E-state index contributed by atoms with van der Waals surface area (Å²) in [4.78, 5) is 39.0. The van der Waals surface area contributed by atoms with E-state index in [0.717, 1.165) is 16.0 Å². The van der Waals surface area contributed by atoms with Gasteiger partial charge in [0.2, 0.25) is 6.10 Å². The maximum atomic E-state index is 13.4. The van der Waals surface area contributed by atoms with Crippen molar-refractivity contribution in [3.63, 3.8) is 0 Å². The van der Waals surface area contributed by atoms with Gasteiger partial charge in [-0.05, 0) is 43.3 Å². The SMILES string of the molecule is CCOC(=O)c1nn(-c2ccc(F)cc2)c(=O)c2c(NC(=O)C3COc4ccccc4O3)scc12. The van der Waals surface area contributed by atoms with E-state index in [-0.39, 0.29) is 40.4 Å². The fraction of sp³-hybridized carbons (Fsp3) is 0.167. The van der Waals surface area contributed by atoms with Crippen molar-refractivity contribution >= 4 is 39.0 Å². The number of aromatic nitrogens is 2. The molecule has 0 fully saturated rings. The number of ether oxygens (including phenoxy) is 3. The van der Waals surface area contributed by atoms with Gasteiger partial charge >= 0.3 is 5.97 Å². The quantitative estimate of drug-likeness (QED) is 0.422. The molecule has 1 amide bonds. The van der Waals surface area contributed by atoms with E-state index in [4.69, 9.17) is 14.2 Å². The Hall–Kier alpha value is -4.25. The minimum atomic E-state index is -0.951. The Labute approximate surface area is 201 Å². The monoisotopic (exact) mass is 495 g/mol. The van der Waals surface area contributed by atoms with Gasteiger partial charge in [-0.2, -0.15) is 9.78 Å². The third-order valence-electron chi connectivity index (χ3n) is 5.23. The second kappa shape index (κ2) is 9.18. The second-order valence-electron chi connectivity index (χ2n) is 7.47. The summed E-state index contributed by atoms with van der Waals surface area (Å²) in [7, 11) is 0. The number of para-hydroxylation sites is 2. The smallest absolute Gasteiger partial charge is 0.359 e. The number of carbonyl (C=O) groups is 2. The maximum Gasteiger partial charge on any atom is 0.359 e. The Morgan fingerprint density at radius 3 is 2.69 bits per heavy atom. The lowest BCUT2D eigenvalue weighted by Crippen LogP contribution is -2.40. The van der Waals surface area contributed by atoms with Crippen LogP contribution in [0.15, 0.2) is 58.7 Å². The number of hydrogen-bond donors (Lipinski definition) is 1. The average Bonchev–Trinajstić information content (AvgIpc) is 3.29. The normalized spacial score (nSPS) is 14.5. The summed E-state index contributed by atoms with van der Waals surface area (Å²) in [6.07, 6.45) is -0.951. The number of nitrogens with one attached hydrogen (secondary N) is 1. The number of esters is 1. The maximum absolute atomic E-state index is 13.4. The molecule has 1 N–H and O–H groups in total. The number of hydrogen-bond acceptors (Lipinski definition) is 8. The first-order valence-corrected chi connectivity index (χ1v) is 11.5. The van der Waals surface area contributed by atoms with E-state index >= 15 is 0 Å². The fourth-order valence-electron chi connectivity index (χ4n) is 3.59. The van der Waals surface area contributed by atoms with Crippen LogP contribution in [0.5, 0.6) is 11.5 Å². The molecule has 5 rings (SSSR count). The highest BCUT2D eigenvalue weighted by molar-refractivity contribution is 7.16. The number of thiophene rings is 1. The summed E-state index contributed by atoms with van der Waals surface area (Å²) in [5.41, 5.74) is -0.455. The van der Waals surface area contributed by atoms with Crippen LogP contribution in [0.1, 0.15) is 17.4 Å². The number of halogens is 1. The van der Waals surface area contributed by atoms with E-state index in [1.807, 2.05) is 0 Å². The minimum Gasteiger partial charge on any atom is -0.485 e. The molecule has 11 heteroatoms. The first-order valence-electron chi connectivity index (χ1n) is 10.6. The highest BCUT2D eigenvalue weighted by Gasteiger charge is 2.29. The zero-order valence-electron chi connectivity index (χ0n) is 18.3. The Kier molecular flexibility index (Phi) is 5.91. The van der Waals surface area contributed by atoms with Gasteiger partial charge < -0.3 is 19.5 Å². The standard InChI is InChI=1S/C24H18FN3O6S/c1-2-32-24(31)20-15-12-35-22(19(15)23(30)28(27-20)14-9-7-13(25)8-10-14)26-21(29)18-11-33-16-5-3-4-6-17(16)34-18/h3-10,12,18H,2,11H2,1H3,(H,26,29). The van der Waals surface area contributed by atoms with Crippen LogP contribution in [0, 0.1) is 5.82 Å². The molecule has 1 aliphatic rings. The number of anilines is 1. The topological polar surface area (TPSA) is 109 Å². The van der Waals surface area contributed by atoms with Crippen LogP contribution in [0.2, 0.25) is 0 Å². The lowest BCUT2D eigenvalue weighted by Gasteiger charge is -2.25. The van der Waals surface area contributed by atoms with Gasteiger partial charge in [0.25, 0.3) is 11.5 Å². The van der Waals surface area contributed by atoms with Crippen LogP contribution >= 0.6 is 11.3 Å². The van der Waals surface area contributed by atoms with Crippen LogP contribution in [-0.4, -0.2) is 41.0 Å². The molecule has 0 bridgehead atoms. The molecule has 1 aliphatic heterocycles. The van der Waals surface area contributed by atoms with Crippen LogP contribution < -0.4 is 20.3 Å². The summed E-state index contributed by atoms with van der Waals surface area (Å²) in [6.45, 7) is 1.74. The predicted molar refractivity (Wildman–Crippen MR) is 126 cm³/mol. The predicted octanol–water partition coefficient (Wildman–Crippen LogP) is 3.54. The zero-order chi connectivity index (χ0) is 24.5.